The Kier molecular flexibility index (Phi) is 5.07. The van der Waals surface area contributed by atoms with Crippen LogP contribution >= 0.6 is 0 Å². The summed E-state index contributed by atoms with van der Waals surface area (Å²) in [7, 11) is 0. The Labute approximate surface area is 150 Å². The van der Waals surface area contributed by atoms with Gasteiger partial charge in [0.1, 0.15) is 0 Å². The molecule has 4 nitrogen and oxygen atoms in total. The van der Waals surface area contributed by atoms with E-state index in [0.717, 1.165) is 24.2 Å². The molecule has 0 atom stereocenters. The molecule has 0 saturated heterocycles. The summed E-state index contributed by atoms with van der Waals surface area (Å²) in [4.78, 5) is 16.5. The smallest absolute Gasteiger partial charge is 0.253 e. The first-order valence-corrected chi connectivity index (χ1v) is 9.11. The summed E-state index contributed by atoms with van der Waals surface area (Å²) in [6, 6.07) is 8.67. The quantitative estimate of drug-likeness (QED) is 0.783. The van der Waals surface area contributed by atoms with Crippen LogP contribution in [0.25, 0.3) is 0 Å². The third-order valence-corrected chi connectivity index (χ3v) is 4.56. The number of amides is 1. The van der Waals surface area contributed by atoms with Crippen molar-refractivity contribution < 1.29 is 4.79 Å². The number of para-hydroxylation sites is 1. The summed E-state index contributed by atoms with van der Waals surface area (Å²) in [6.07, 6.45) is 5.56. The molecule has 1 saturated carbocycles. The van der Waals surface area contributed by atoms with Gasteiger partial charge in [0.2, 0.25) is 0 Å². The van der Waals surface area contributed by atoms with Gasteiger partial charge < -0.3 is 10.6 Å². The van der Waals surface area contributed by atoms with Gasteiger partial charge in [-0.25, -0.2) is 0 Å². The summed E-state index contributed by atoms with van der Waals surface area (Å²) in [5.74, 6) is 0.783. The molecule has 2 N–H and O–H groups in total. The van der Waals surface area contributed by atoms with E-state index in [-0.39, 0.29) is 5.91 Å². The van der Waals surface area contributed by atoms with Gasteiger partial charge in [0.05, 0.1) is 17.4 Å². The number of hydrogen-bond donors (Lipinski definition) is 2. The first-order valence-electron chi connectivity index (χ1n) is 9.11. The van der Waals surface area contributed by atoms with Crippen LogP contribution in [0.3, 0.4) is 0 Å². The van der Waals surface area contributed by atoms with Gasteiger partial charge in [-0.2, -0.15) is 0 Å². The number of rotatable bonds is 6. The minimum Gasteiger partial charge on any atom is -0.354 e. The van der Waals surface area contributed by atoms with Crippen LogP contribution in [-0.4, -0.2) is 16.9 Å². The topological polar surface area (TPSA) is 54.0 Å². The summed E-state index contributed by atoms with van der Waals surface area (Å²) < 4.78 is 0. The Morgan fingerprint density at radius 2 is 1.72 bits per heavy atom. The fraction of sp³-hybridized carbons (Fsp3) is 0.429. The predicted molar refractivity (Wildman–Crippen MR) is 103 cm³/mol. The van der Waals surface area contributed by atoms with Crippen molar-refractivity contribution >= 4 is 17.3 Å². The average molecular weight is 337 g/mol. The number of carbonyl (C=O) groups excluding carboxylic acids is 1. The summed E-state index contributed by atoms with van der Waals surface area (Å²) >= 11 is 0. The van der Waals surface area contributed by atoms with Gasteiger partial charge in [0, 0.05) is 17.9 Å². The second-order valence-electron chi connectivity index (χ2n) is 7.46. The molecule has 1 aromatic carbocycles. The zero-order valence-corrected chi connectivity index (χ0v) is 15.5. The molecule has 1 aliphatic rings. The molecule has 0 radical (unpaired) electrons. The maximum Gasteiger partial charge on any atom is 0.253 e. The van der Waals surface area contributed by atoms with E-state index in [4.69, 9.17) is 0 Å². The van der Waals surface area contributed by atoms with Gasteiger partial charge in [-0.3, -0.25) is 9.78 Å². The van der Waals surface area contributed by atoms with Gasteiger partial charge in [-0.15, -0.1) is 0 Å². The maximum atomic E-state index is 12.3. The second-order valence-corrected chi connectivity index (χ2v) is 7.46. The Morgan fingerprint density at radius 3 is 2.28 bits per heavy atom. The molecule has 0 aliphatic heterocycles. The first-order chi connectivity index (χ1) is 12.0. The minimum absolute atomic E-state index is 0.0418. The summed E-state index contributed by atoms with van der Waals surface area (Å²) in [6.45, 7) is 8.79. The monoisotopic (exact) mass is 337 g/mol. The maximum absolute atomic E-state index is 12.3. The van der Waals surface area contributed by atoms with Crippen molar-refractivity contribution in [3.63, 3.8) is 0 Å². The number of pyridine rings is 1. The fourth-order valence-electron chi connectivity index (χ4n) is 2.97. The average Bonchev–Trinajstić information content (AvgIpc) is 3.38. The van der Waals surface area contributed by atoms with Gasteiger partial charge in [0.25, 0.3) is 5.91 Å². The Balaban J connectivity index is 1.90. The third-order valence-electron chi connectivity index (χ3n) is 4.56. The summed E-state index contributed by atoms with van der Waals surface area (Å²) in [5.41, 5.74) is 5.13. The van der Waals surface area contributed by atoms with E-state index in [2.05, 4.69) is 61.5 Å². The van der Waals surface area contributed by atoms with Crippen LogP contribution in [0.5, 0.6) is 0 Å². The lowest BCUT2D eigenvalue weighted by molar-refractivity contribution is 0.0950. The van der Waals surface area contributed by atoms with Crippen LogP contribution in [0.15, 0.2) is 36.7 Å². The normalized spacial score (nSPS) is 14.0. The van der Waals surface area contributed by atoms with E-state index in [1.54, 1.807) is 12.4 Å². The molecule has 1 aromatic heterocycles. The van der Waals surface area contributed by atoms with Crippen molar-refractivity contribution in [2.24, 2.45) is 0 Å². The van der Waals surface area contributed by atoms with Crippen molar-refractivity contribution in [3.05, 3.63) is 53.3 Å². The number of carbonyl (C=O) groups is 1. The van der Waals surface area contributed by atoms with Crippen molar-refractivity contribution in [1.29, 1.82) is 0 Å². The fourth-order valence-corrected chi connectivity index (χ4v) is 2.97. The van der Waals surface area contributed by atoms with Crippen molar-refractivity contribution in [2.45, 2.75) is 58.4 Å². The highest BCUT2D eigenvalue weighted by Gasteiger charge is 2.24. The highest BCUT2D eigenvalue weighted by Crippen LogP contribution is 2.34. The SMILES string of the molecule is CC(C)c1cccc(C(C)C)c1Nc1cncc(C(=O)NC2CC2)c1. The lowest BCUT2D eigenvalue weighted by Gasteiger charge is -2.21. The number of nitrogens with one attached hydrogen (secondary N) is 2. The Hall–Kier alpha value is -2.36. The molecule has 25 heavy (non-hydrogen) atoms. The molecule has 1 fully saturated rings. The molecule has 0 spiro atoms. The van der Waals surface area contributed by atoms with Crippen LogP contribution in [0.4, 0.5) is 11.4 Å². The van der Waals surface area contributed by atoms with Crippen molar-refractivity contribution in [2.75, 3.05) is 5.32 Å². The van der Waals surface area contributed by atoms with Crippen molar-refractivity contribution in [1.82, 2.24) is 10.3 Å². The molecular weight excluding hydrogens is 310 g/mol. The second kappa shape index (κ2) is 7.26. The van der Waals surface area contributed by atoms with E-state index < -0.39 is 0 Å². The number of aromatic nitrogens is 1. The third kappa shape index (κ3) is 4.19. The van der Waals surface area contributed by atoms with Crippen LogP contribution in [0.2, 0.25) is 0 Å². The molecule has 3 rings (SSSR count). The first kappa shape index (κ1) is 17.5. The van der Waals surface area contributed by atoms with Crippen LogP contribution in [0.1, 0.15) is 73.9 Å². The zero-order chi connectivity index (χ0) is 18.0. The van der Waals surface area contributed by atoms with Crippen LogP contribution in [0, 0.1) is 0 Å². The molecule has 0 unspecified atom stereocenters. The lowest BCUT2D eigenvalue weighted by Crippen LogP contribution is -2.25. The molecule has 0 bridgehead atoms. The minimum atomic E-state index is -0.0418. The number of benzene rings is 1. The Morgan fingerprint density at radius 1 is 1.08 bits per heavy atom. The predicted octanol–water partition coefficient (Wildman–Crippen LogP) is 4.96. The molecule has 1 amide bonds. The standard InChI is InChI=1S/C21H27N3O/c1-13(2)18-6-5-7-19(14(3)4)20(18)23-17-10-15(11-22-12-17)21(25)24-16-8-9-16/h5-7,10-14,16,23H,8-9H2,1-4H3,(H,24,25). The Bertz CT molecular complexity index is 737. The van der Waals surface area contributed by atoms with Crippen LogP contribution in [-0.2, 0) is 0 Å². The molecule has 4 heteroatoms. The van der Waals surface area contributed by atoms with Gasteiger partial charge in [0.15, 0.2) is 0 Å². The van der Waals surface area contributed by atoms with E-state index in [1.807, 2.05) is 6.07 Å². The zero-order valence-electron chi connectivity index (χ0n) is 15.5. The number of hydrogen-bond acceptors (Lipinski definition) is 3. The molecule has 1 aliphatic carbocycles. The largest absolute Gasteiger partial charge is 0.354 e. The van der Waals surface area contributed by atoms with Gasteiger partial charge in [-0.05, 0) is 41.9 Å². The molecular formula is C21H27N3O. The summed E-state index contributed by atoms with van der Waals surface area (Å²) in [5, 5.41) is 6.54. The lowest BCUT2D eigenvalue weighted by atomic mass is 9.92. The number of nitrogens with zero attached hydrogens (tertiary/aromatic N) is 1. The molecule has 132 valence electrons. The van der Waals surface area contributed by atoms with Crippen LogP contribution < -0.4 is 10.6 Å². The van der Waals surface area contributed by atoms with Gasteiger partial charge >= 0.3 is 0 Å². The van der Waals surface area contributed by atoms with Gasteiger partial charge in [-0.1, -0.05) is 45.9 Å². The van der Waals surface area contributed by atoms with E-state index in [9.17, 15) is 4.79 Å². The van der Waals surface area contributed by atoms with E-state index in [0.29, 0.717) is 23.4 Å². The van der Waals surface area contributed by atoms with E-state index >= 15 is 0 Å². The highest BCUT2D eigenvalue weighted by atomic mass is 16.1. The molecule has 1 heterocycles. The van der Waals surface area contributed by atoms with E-state index in [1.165, 1.54) is 11.1 Å². The molecule has 2 aromatic rings. The van der Waals surface area contributed by atoms with Crippen molar-refractivity contribution in [3.8, 4) is 0 Å². The highest BCUT2D eigenvalue weighted by molar-refractivity contribution is 5.95. The number of anilines is 2.